The molecule has 19 heavy (non-hydrogen) atoms. The van der Waals surface area contributed by atoms with E-state index in [4.69, 9.17) is 0 Å². The Balaban J connectivity index is 2.55. The third kappa shape index (κ3) is 2.42. The molecule has 0 bridgehead atoms. The molecule has 100 valence electrons. The highest BCUT2D eigenvalue weighted by molar-refractivity contribution is 5.25. The maximum absolute atomic E-state index is 13.5. The number of H-pyrrole nitrogens is 1. The van der Waals surface area contributed by atoms with Crippen LogP contribution in [-0.2, 0) is 13.0 Å². The summed E-state index contributed by atoms with van der Waals surface area (Å²) in [7, 11) is 0. The second-order valence-corrected chi connectivity index (χ2v) is 4.09. The van der Waals surface area contributed by atoms with Gasteiger partial charge in [-0.15, -0.1) is 0 Å². The summed E-state index contributed by atoms with van der Waals surface area (Å²) in [5.74, 6) is -0.891. The molecule has 1 heterocycles. The number of aromatic amines is 1. The van der Waals surface area contributed by atoms with E-state index in [1.165, 1.54) is 18.2 Å². The number of rotatable bonds is 3. The summed E-state index contributed by atoms with van der Waals surface area (Å²) in [6, 6.07) is 5.94. The summed E-state index contributed by atoms with van der Waals surface area (Å²) in [4.78, 5) is 25.2. The minimum Gasteiger partial charge on any atom is -0.494 e. The number of halogens is 1. The van der Waals surface area contributed by atoms with Crippen molar-refractivity contribution >= 4 is 0 Å². The molecule has 0 unspecified atom stereocenters. The van der Waals surface area contributed by atoms with Gasteiger partial charge in [0.15, 0.2) is 0 Å². The number of aromatic hydroxyl groups is 1. The van der Waals surface area contributed by atoms with Crippen LogP contribution in [0, 0.1) is 5.82 Å². The molecule has 2 N–H and O–H groups in total. The van der Waals surface area contributed by atoms with Gasteiger partial charge < -0.3 is 5.11 Å². The fraction of sp³-hybridized carbons (Fsp3) is 0.231. The van der Waals surface area contributed by atoms with E-state index in [9.17, 15) is 19.1 Å². The molecule has 0 saturated heterocycles. The summed E-state index contributed by atoms with van der Waals surface area (Å²) in [5, 5.41) is 9.92. The number of nitrogens with one attached hydrogen (secondary N) is 1. The Morgan fingerprint density at radius 3 is 2.63 bits per heavy atom. The number of nitrogens with zero attached hydrogens (tertiary/aromatic N) is 1. The predicted molar refractivity (Wildman–Crippen MR) is 67.9 cm³/mol. The quantitative estimate of drug-likeness (QED) is 0.868. The monoisotopic (exact) mass is 264 g/mol. The van der Waals surface area contributed by atoms with Gasteiger partial charge in [-0.2, -0.15) is 0 Å². The highest BCUT2D eigenvalue weighted by atomic mass is 19.1. The Morgan fingerprint density at radius 1 is 1.32 bits per heavy atom. The lowest BCUT2D eigenvalue weighted by molar-refractivity contribution is 0.400. The average Bonchev–Trinajstić information content (AvgIpc) is 2.36. The molecule has 0 amide bonds. The zero-order valence-corrected chi connectivity index (χ0v) is 10.3. The van der Waals surface area contributed by atoms with Crippen LogP contribution in [0.3, 0.4) is 0 Å². The Labute approximate surface area is 108 Å². The van der Waals surface area contributed by atoms with Crippen LogP contribution in [0.5, 0.6) is 5.88 Å². The Kier molecular flexibility index (Phi) is 3.50. The van der Waals surface area contributed by atoms with Crippen LogP contribution in [0.25, 0.3) is 0 Å². The van der Waals surface area contributed by atoms with Crippen LogP contribution in [0.4, 0.5) is 4.39 Å². The summed E-state index contributed by atoms with van der Waals surface area (Å²) in [6.07, 6.45) is 0.277. The number of hydrogen-bond acceptors (Lipinski definition) is 3. The second-order valence-electron chi connectivity index (χ2n) is 4.09. The van der Waals surface area contributed by atoms with Gasteiger partial charge in [0.05, 0.1) is 12.1 Å². The van der Waals surface area contributed by atoms with Gasteiger partial charge in [-0.05, 0) is 12.5 Å². The number of aromatic nitrogens is 2. The van der Waals surface area contributed by atoms with E-state index in [1.54, 1.807) is 13.0 Å². The predicted octanol–water partition coefficient (Wildman–Crippen LogP) is 0.992. The molecule has 0 saturated carbocycles. The molecule has 0 spiro atoms. The zero-order valence-electron chi connectivity index (χ0n) is 10.3. The first-order valence-electron chi connectivity index (χ1n) is 5.83. The van der Waals surface area contributed by atoms with Crippen LogP contribution < -0.4 is 11.2 Å². The molecule has 0 aliphatic carbocycles. The molecule has 1 aromatic carbocycles. The number of benzene rings is 1. The Hall–Kier alpha value is -2.37. The summed E-state index contributed by atoms with van der Waals surface area (Å²) in [6.45, 7) is 1.54. The molecule has 2 rings (SSSR count). The standard InChI is InChI=1S/C13H13FN2O3/c1-2-9-11(17)15-13(19)16(12(9)18)7-8-5-3-4-6-10(8)14/h3-6,18H,2,7H2,1H3,(H,15,17,19). The van der Waals surface area contributed by atoms with E-state index in [0.29, 0.717) is 0 Å². The second kappa shape index (κ2) is 5.09. The minimum atomic E-state index is -0.761. The lowest BCUT2D eigenvalue weighted by Crippen LogP contribution is -2.32. The van der Waals surface area contributed by atoms with E-state index in [2.05, 4.69) is 4.98 Å². The highest BCUT2D eigenvalue weighted by Gasteiger charge is 2.13. The van der Waals surface area contributed by atoms with E-state index in [0.717, 1.165) is 4.57 Å². The maximum atomic E-state index is 13.5. The molecular formula is C13H13FN2O3. The lowest BCUT2D eigenvalue weighted by atomic mass is 10.2. The maximum Gasteiger partial charge on any atom is 0.331 e. The Morgan fingerprint density at radius 2 is 2.00 bits per heavy atom. The lowest BCUT2D eigenvalue weighted by Gasteiger charge is -2.11. The van der Waals surface area contributed by atoms with Crippen molar-refractivity contribution in [3.63, 3.8) is 0 Å². The van der Waals surface area contributed by atoms with Gasteiger partial charge in [0.2, 0.25) is 5.88 Å². The van der Waals surface area contributed by atoms with Gasteiger partial charge in [0.1, 0.15) is 5.82 Å². The van der Waals surface area contributed by atoms with Crippen LogP contribution in [-0.4, -0.2) is 14.7 Å². The van der Waals surface area contributed by atoms with Crippen molar-refractivity contribution in [1.29, 1.82) is 0 Å². The SMILES string of the molecule is CCc1c(O)n(Cc2ccccc2F)c(=O)[nH]c1=O. The van der Waals surface area contributed by atoms with Gasteiger partial charge in [-0.3, -0.25) is 14.3 Å². The van der Waals surface area contributed by atoms with Crippen molar-refractivity contribution in [2.45, 2.75) is 19.9 Å². The number of hydrogen-bond donors (Lipinski definition) is 2. The van der Waals surface area contributed by atoms with Crippen molar-refractivity contribution in [2.75, 3.05) is 0 Å². The first-order chi connectivity index (χ1) is 9.04. The minimum absolute atomic E-state index is 0.107. The zero-order chi connectivity index (χ0) is 14.0. The average molecular weight is 264 g/mol. The van der Waals surface area contributed by atoms with Crippen LogP contribution in [0.1, 0.15) is 18.1 Å². The summed E-state index contributed by atoms with van der Waals surface area (Å²) < 4.78 is 14.5. The fourth-order valence-electron chi connectivity index (χ4n) is 1.86. The summed E-state index contributed by atoms with van der Waals surface area (Å²) in [5.41, 5.74) is -1.01. The van der Waals surface area contributed by atoms with Crippen molar-refractivity contribution in [3.8, 4) is 5.88 Å². The smallest absolute Gasteiger partial charge is 0.331 e. The molecule has 1 aromatic heterocycles. The normalized spacial score (nSPS) is 10.6. The van der Waals surface area contributed by atoms with E-state index >= 15 is 0 Å². The van der Waals surface area contributed by atoms with Crippen molar-refractivity contribution < 1.29 is 9.50 Å². The van der Waals surface area contributed by atoms with Gasteiger partial charge >= 0.3 is 5.69 Å². The summed E-state index contributed by atoms with van der Waals surface area (Å²) >= 11 is 0. The molecule has 2 aromatic rings. The molecule has 0 aliphatic heterocycles. The highest BCUT2D eigenvalue weighted by Crippen LogP contribution is 2.14. The van der Waals surface area contributed by atoms with Crippen LogP contribution in [0.15, 0.2) is 33.9 Å². The van der Waals surface area contributed by atoms with E-state index in [1.807, 2.05) is 0 Å². The van der Waals surface area contributed by atoms with E-state index in [-0.39, 0.29) is 24.1 Å². The topological polar surface area (TPSA) is 75.1 Å². The van der Waals surface area contributed by atoms with Crippen LogP contribution in [0.2, 0.25) is 0 Å². The molecule has 6 heteroatoms. The molecular weight excluding hydrogens is 251 g/mol. The Bertz CT molecular complexity index is 719. The molecule has 0 atom stereocenters. The largest absolute Gasteiger partial charge is 0.494 e. The molecule has 0 radical (unpaired) electrons. The first-order valence-corrected chi connectivity index (χ1v) is 5.83. The van der Waals surface area contributed by atoms with Crippen molar-refractivity contribution in [1.82, 2.24) is 9.55 Å². The van der Waals surface area contributed by atoms with E-state index < -0.39 is 22.9 Å². The molecule has 0 aliphatic rings. The van der Waals surface area contributed by atoms with Gasteiger partial charge in [0, 0.05) is 5.56 Å². The van der Waals surface area contributed by atoms with Gasteiger partial charge in [-0.1, -0.05) is 25.1 Å². The van der Waals surface area contributed by atoms with Crippen molar-refractivity contribution in [3.05, 3.63) is 62.0 Å². The third-order valence-electron chi connectivity index (χ3n) is 2.91. The third-order valence-corrected chi connectivity index (χ3v) is 2.91. The van der Waals surface area contributed by atoms with Gasteiger partial charge in [-0.25, -0.2) is 9.18 Å². The molecule has 0 fully saturated rings. The first kappa shape index (κ1) is 13.1. The van der Waals surface area contributed by atoms with Crippen molar-refractivity contribution in [2.24, 2.45) is 0 Å². The van der Waals surface area contributed by atoms with Crippen LogP contribution >= 0.6 is 0 Å². The fourth-order valence-corrected chi connectivity index (χ4v) is 1.86. The molecule has 5 nitrogen and oxygen atoms in total. The van der Waals surface area contributed by atoms with Gasteiger partial charge in [0.25, 0.3) is 5.56 Å².